The zero-order valence-corrected chi connectivity index (χ0v) is 13.2. The van der Waals surface area contributed by atoms with Crippen LogP contribution in [-0.4, -0.2) is 29.9 Å². The van der Waals surface area contributed by atoms with Gasteiger partial charge in [0, 0.05) is 34.1 Å². The zero-order chi connectivity index (χ0) is 13.1. The molecule has 1 aliphatic rings. The van der Waals surface area contributed by atoms with E-state index in [1.54, 1.807) is 6.92 Å². The second-order valence-corrected chi connectivity index (χ2v) is 6.83. The highest BCUT2D eigenvalue weighted by Crippen LogP contribution is 2.31. The highest BCUT2D eigenvalue weighted by atomic mass is 79.9. The largest absolute Gasteiger partial charge is 0.369 e. The molecule has 0 N–H and O–H groups in total. The molecule has 1 saturated heterocycles. The Hall–Kier alpha value is -0.480. The Morgan fingerprint density at radius 3 is 2.94 bits per heavy atom. The molecule has 18 heavy (non-hydrogen) atoms. The molecule has 1 aromatic carbocycles. The summed E-state index contributed by atoms with van der Waals surface area (Å²) < 4.78 is 1.02. The second-order valence-electron chi connectivity index (χ2n) is 4.57. The summed E-state index contributed by atoms with van der Waals surface area (Å²) in [6.07, 6.45) is 1.21. The predicted octanol–water partition coefficient (Wildman–Crippen LogP) is 3.98. The maximum absolute atomic E-state index is 11.3. The number of anilines is 1. The van der Waals surface area contributed by atoms with Crippen molar-refractivity contribution in [2.24, 2.45) is 0 Å². The van der Waals surface area contributed by atoms with E-state index in [-0.39, 0.29) is 5.78 Å². The summed E-state index contributed by atoms with van der Waals surface area (Å²) in [6.45, 7) is 6.03. The van der Waals surface area contributed by atoms with E-state index in [0.29, 0.717) is 0 Å². The number of hydrogen-bond donors (Lipinski definition) is 0. The molecule has 1 aromatic rings. The van der Waals surface area contributed by atoms with Crippen LogP contribution in [0, 0.1) is 0 Å². The molecule has 1 heterocycles. The SMILES string of the molecule is CCC1CN(c2ccc(C(C)=O)cc2Br)CCS1. The minimum atomic E-state index is 0.114. The molecule has 1 aliphatic heterocycles. The van der Waals surface area contributed by atoms with Gasteiger partial charge in [0.2, 0.25) is 0 Å². The van der Waals surface area contributed by atoms with Gasteiger partial charge in [-0.05, 0) is 47.5 Å². The van der Waals surface area contributed by atoms with Crippen LogP contribution in [0.1, 0.15) is 30.6 Å². The van der Waals surface area contributed by atoms with Gasteiger partial charge >= 0.3 is 0 Å². The molecule has 4 heteroatoms. The molecule has 0 aromatic heterocycles. The number of carbonyl (C=O) groups is 1. The quantitative estimate of drug-likeness (QED) is 0.783. The Labute approximate surface area is 121 Å². The van der Waals surface area contributed by atoms with E-state index in [1.165, 1.54) is 17.9 Å². The van der Waals surface area contributed by atoms with Crippen molar-refractivity contribution in [3.05, 3.63) is 28.2 Å². The molecule has 0 radical (unpaired) electrons. The van der Waals surface area contributed by atoms with Gasteiger partial charge in [0.25, 0.3) is 0 Å². The van der Waals surface area contributed by atoms with Gasteiger partial charge in [0.15, 0.2) is 5.78 Å². The van der Waals surface area contributed by atoms with Crippen molar-refractivity contribution in [3.63, 3.8) is 0 Å². The first kappa shape index (κ1) is 13.9. The maximum Gasteiger partial charge on any atom is 0.159 e. The summed E-state index contributed by atoms with van der Waals surface area (Å²) in [5.74, 6) is 1.29. The molecule has 0 saturated carbocycles. The third kappa shape index (κ3) is 3.09. The first-order valence-corrected chi connectivity index (χ1v) is 8.13. The van der Waals surface area contributed by atoms with Crippen molar-refractivity contribution in [2.75, 3.05) is 23.7 Å². The fraction of sp³-hybridized carbons (Fsp3) is 0.500. The third-order valence-electron chi connectivity index (χ3n) is 3.29. The van der Waals surface area contributed by atoms with Gasteiger partial charge in [-0.1, -0.05) is 6.92 Å². The van der Waals surface area contributed by atoms with Crippen LogP contribution in [-0.2, 0) is 0 Å². The number of ketones is 1. The Kier molecular flexibility index (Phi) is 4.73. The van der Waals surface area contributed by atoms with Crippen LogP contribution in [0.4, 0.5) is 5.69 Å². The van der Waals surface area contributed by atoms with Crippen LogP contribution < -0.4 is 4.90 Å². The lowest BCUT2D eigenvalue weighted by molar-refractivity contribution is 0.101. The third-order valence-corrected chi connectivity index (χ3v) is 5.30. The normalized spacial score (nSPS) is 19.9. The Morgan fingerprint density at radius 1 is 1.56 bits per heavy atom. The van der Waals surface area contributed by atoms with E-state index in [1.807, 2.05) is 12.1 Å². The van der Waals surface area contributed by atoms with E-state index in [0.717, 1.165) is 28.4 Å². The van der Waals surface area contributed by atoms with Gasteiger partial charge in [-0.15, -0.1) is 0 Å². The molecule has 0 spiro atoms. The molecule has 1 atom stereocenters. The van der Waals surface area contributed by atoms with E-state index in [4.69, 9.17) is 0 Å². The molecular weight excluding hydrogens is 310 g/mol. The molecule has 2 rings (SSSR count). The van der Waals surface area contributed by atoms with E-state index in [2.05, 4.69) is 45.6 Å². The Balaban J connectivity index is 2.20. The summed E-state index contributed by atoms with van der Waals surface area (Å²) >= 11 is 5.66. The topological polar surface area (TPSA) is 20.3 Å². The Morgan fingerprint density at radius 2 is 2.33 bits per heavy atom. The van der Waals surface area contributed by atoms with Gasteiger partial charge in [-0.25, -0.2) is 0 Å². The average Bonchev–Trinajstić information content (AvgIpc) is 2.38. The lowest BCUT2D eigenvalue weighted by atomic mass is 10.1. The number of rotatable bonds is 3. The standard InChI is InChI=1S/C14H18BrNOS/c1-3-12-9-16(6-7-18-12)14-5-4-11(10(2)17)8-13(14)15/h4-5,8,12H,3,6-7,9H2,1-2H3. The minimum Gasteiger partial charge on any atom is -0.369 e. The van der Waals surface area contributed by atoms with E-state index < -0.39 is 0 Å². The van der Waals surface area contributed by atoms with Crippen molar-refractivity contribution >= 4 is 39.2 Å². The molecule has 1 fully saturated rings. The predicted molar refractivity (Wildman–Crippen MR) is 82.9 cm³/mol. The smallest absolute Gasteiger partial charge is 0.159 e. The highest BCUT2D eigenvalue weighted by molar-refractivity contribution is 9.10. The molecule has 98 valence electrons. The fourth-order valence-corrected chi connectivity index (χ4v) is 3.98. The van der Waals surface area contributed by atoms with Gasteiger partial charge in [-0.3, -0.25) is 4.79 Å². The second kappa shape index (κ2) is 6.11. The van der Waals surface area contributed by atoms with Gasteiger partial charge in [0.1, 0.15) is 0 Å². The van der Waals surface area contributed by atoms with Gasteiger partial charge in [0.05, 0.1) is 5.69 Å². The summed E-state index contributed by atoms with van der Waals surface area (Å²) in [6, 6.07) is 5.91. The number of Topliss-reactive ketones (excluding diaryl/α,β-unsaturated/α-hetero) is 1. The fourth-order valence-electron chi connectivity index (χ4n) is 2.17. The molecule has 1 unspecified atom stereocenters. The van der Waals surface area contributed by atoms with Crippen LogP contribution in [0.25, 0.3) is 0 Å². The number of nitrogens with zero attached hydrogens (tertiary/aromatic N) is 1. The minimum absolute atomic E-state index is 0.114. The monoisotopic (exact) mass is 327 g/mol. The van der Waals surface area contributed by atoms with Crippen molar-refractivity contribution < 1.29 is 4.79 Å². The molecule has 2 nitrogen and oxygen atoms in total. The maximum atomic E-state index is 11.3. The number of carbonyl (C=O) groups excluding carboxylic acids is 1. The number of hydrogen-bond acceptors (Lipinski definition) is 3. The van der Waals surface area contributed by atoms with Crippen molar-refractivity contribution in [3.8, 4) is 0 Å². The lowest BCUT2D eigenvalue weighted by Gasteiger charge is -2.34. The van der Waals surface area contributed by atoms with Crippen LogP contribution >= 0.6 is 27.7 Å². The molecule has 0 bridgehead atoms. The van der Waals surface area contributed by atoms with Gasteiger partial charge < -0.3 is 4.90 Å². The average molecular weight is 328 g/mol. The van der Waals surface area contributed by atoms with E-state index >= 15 is 0 Å². The molecule has 0 amide bonds. The zero-order valence-electron chi connectivity index (χ0n) is 10.8. The van der Waals surface area contributed by atoms with Crippen molar-refractivity contribution in [1.29, 1.82) is 0 Å². The number of thioether (sulfide) groups is 1. The first-order valence-electron chi connectivity index (χ1n) is 6.29. The summed E-state index contributed by atoms with van der Waals surface area (Å²) in [5.41, 5.74) is 1.97. The van der Waals surface area contributed by atoms with E-state index in [9.17, 15) is 4.79 Å². The van der Waals surface area contributed by atoms with Crippen LogP contribution in [0.3, 0.4) is 0 Å². The summed E-state index contributed by atoms with van der Waals surface area (Å²) in [4.78, 5) is 13.8. The Bertz CT molecular complexity index is 449. The van der Waals surface area contributed by atoms with Crippen LogP contribution in [0.15, 0.2) is 22.7 Å². The first-order chi connectivity index (χ1) is 8.61. The van der Waals surface area contributed by atoms with Crippen molar-refractivity contribution in [2.45, 2.75) is 25.5 Å². The summed E-state index contributed by atoms with van der Waals surface area (Å²) in [7, 11) is 0. The lowest BCUT2D eigenvalue weighted by Crippen LogP contribution is -2.37. The van der Waals surface area contributed by atoms with Crippen LogP contribution in [0.2, 0.25) is 0 Å². The number of halogens is 1. The molecular formula is C14H18BrNOS. The van der Waals surface area contributed by atoms with Crippen LogP contribution in [0.5, 0.6) is 0 Å². The van der Waals surface area contributed by atoms with Crippen molar-refractivity contribution in [1.82, 2.24) is 0 Å². The highest BCUT2D eigenvalue weighted by Gasteiger charge is 2.20. The summed E-state index contributed by atoms with van der Waals surface area (Å²) in [5, 5.41) is 0.720. The van der Waals surface area contributed by atoms with Gasteiger partial charge in [-0.2, -0.15) is 11.8 Å². The molecule has 0 aliphatic carbocycles. The number of benzene rings is 1.